The molecule has 0 radical (unpaired) electrons. The molecule has 1 heterocycles. The molecule has 0 saturated heterocycles. The van der Waals surface area contributed by atoms with E-state index in [9.17, 15) is 8.42 Å². The SMILES string of the molecule is Cn1cc(S(=O)(=O)CCc2ccc3c(c2)C(Cc2ccccc2)C(N)CC3)cn1. The second kappa shape index (κ2) is 8.13. The van der Waals surface area contributed by atoms with Gasteiger partial charge in [-0.25, -0.2) is 8.42 Å². The Hall–Kier alpha value is -2.44. The van der Waals surface area contributed by atoms with Gasteiger partial charge in [-0.3, -0.25) is 4.68 Å². The maximum atomic E-state index is 12.6. The molecule has 3 aromatic rings. The second-order valence-electron chi connectivity index (χ2n) is 7.95. The van der Waals surface area contributed by atoms with Crippen LogP contribution in [-0.2, 0) is 36.1 Å². The molecule has 29 heavy (non-hydrogen) atoms. The largest absolute Gasteiger partial charge is 0.327 e. The van der Waals surface area contributed by atoms with Crippen molar-refractivity contribution in [2.24, 2.45) is 12.8 Å². The predicted octanol–water partition coefficient (Wildman–Crippen LogP) is 3.04. The Morgan fingerprint density at radius 3 is 2.66 bits per heavy atom. The lowest BCUT2D eigenvalue weighted by atomic mass is 9.76. The quantitative estimate of drug-likeness (QED) is 0.679. The molecule has 0 bridgehead atoms. The molecule has 0 amide bonds. The van der Waals surface area contributed by atoms with Crippen LogP contribution in [0.5, 0.6) is 0 Å². The molecular formula is C23H27N3O2S. The van der Waals surface area contributed by atoms with Gasteiger partial charge in [0.25, 0.3) is 0 Å². The molecule has 0 aliphatic heterocycles. The number of hydrogen-bond acceptors (Lipinski definition) is 4. The van der Waals surface area contributed by atoms with Crippen molar-refractivity contribution in [2.75, 3.05) is 5.75 Å². The van der Waals surface area contributed by atoms with Gasteiger partial charge in [0.1, 0.15) is 4.90 Å². The van der Waals surface area contributed by atoms with Crippen molar-refractivity contribution in [3.8, 4) is 0 Å². The van der Waals surface area contributed by atoms with Crippen LogP contribution in [0.15, 0.2) is 65.8 Å². The smallest absolute Gasteiger partial charge is 0.181 e. The summed E-state index contributed by atoms with van der Waals surface area (Å²) in [6.45, 7) is 0. The van der Waals surface area contributed by atoms with E-state index in [1.54, 1.807) is 13.2 Å². The van der Waals surface area contributed by atoms with Gasteiger partial charge >= 0.3 is 0 Å². The average Bonchev–Trinajstić information content (AvgIpc) is 3.17. The molecule has 1 aromatic heterocycles. The van der Waals surface area contributed by atoms with Gasteiger partial charge in [-0.15, -0.1) is 0 Å². The molecule has 2 N–H and O–H groups in total. The Labute approximate surface area is 172 Å². The highest BCUT2D eigenvalue weighted by molar-refractivity contribution is 7.91. The summed E-state index contributed by atoms with van der Waals surface area (Å²) in [6.07, 6.45) is 6.33. The Morgan fingerprint density at radius 1 is 1.14 bits per heavy atom. The van der Waals surface area contributed by atoms with Crippen LogP contribution in [0.2, 0.25) is 0 Å². The fourth-order valence-corrected chi connectivity index (χ4v) is 5.45. The van der Waals surface area contributed by atoms with Crippen molar-refractivity contribution < 1.29 is 8.42 Å². The van der Waals surface area contributed by atoms with E-state index < -0.39 is 9.84 Å². The van der Waals surface area contributed by atoms with Gasteiger partial charge in [0.2, 0.25) is 0 Å². The first kappa shape index (κ1) is 19.9. The van der Waals surface area contributed by atoms with Gasteiger partial charge in [0.05, 0.1) is 11.9 Å². The number of rotatable bonds is 6. The maximum absolute atomic E-state index is 12.6. The van der Waals surface area contributed by atoms with Gasteiger partial charge in [-0.05, 0) is 47.9 Å². The summed E-state index contributed by atoms with van der Waals surface area (Å²) in [4.78, 5) is 0.280. The zero-order valence-corrected chi connectivity index (χ0v) is 17.5. The molecule has 5 nitrogen and oxygen atoms in total. The van der Waals surface area contributed by atoms with Gasteiger partial charge in [0, 0.05) is 25.2 Å². The minimum absolute atomic E-state index is 0.0763. The number of fused-ring (bicyclic) bond motifs is 1. The summed E-state index contributed by atoms with van der Waals surface area (Å²) in [6, 6.07) is 17.0. The lowest BCUT2D eigenvalue weighted by molar-refractivity contribution is 0.467. The highest BCUT2D eigenvalue weighted by atomic mass is 32.2. The van der Waals surface area contributed by atoms with Crippen LogP contribution in [0.3, 0.4) is 0 Å². The van der Waals surface area contributed by atoms with Crippen LogP contribution >= 0.6 is 0 Å². The number of benzene rings is 2. The summed E-state index contributed by atoms with van der Waals surface area (Å²) in [5.74, 6) is 0.336. The summed E-state index contributed by atoms with van der Waals surface area (Å²) in [7, 11) is -1.62. The number of hydrogen-bond donors (Lipinski definition) is 1. The van der Waals surface area contributed by atoms with Crippen molar-refractivity contribution >= 4 is 9.84 Å². The molecule has 4 rings (SSSR count). The molecule has 0 spiro atoms. The van der Waals surface area contributed by atoms with E-state index in [4.69, 9.17) is 5.73 Å². The van der Waals surface area contributed by atoms with Crippen molar-refractivity contribution in [3.05, 3.63) is 83.2 Å². The number of aromatic nitrogens is 2. The Morgan fingerprint density at radius 2 is 1.93 bits per heavy atom. The average molecular weight is 410 g/mol. The lowest BCUT2D eigenvalue weighted by Crippen LogP contribution is -2.34. The van der Waals surface area contributed by atoms with Crippen molar-refractivity contribution in [2.45, 2.75) is 42.5 Å². The number of aryl methyl sites for hydroxylation is 3. The fourth-order valence-electron chi connectivity index (χ4n) is 4.19. The number of nitrogens with zero attached hydrogens (tertiary/aromatic N) is 2. The van der Waals surface area contributed by atoms with E-state index in [2.05, 4.69) is 47.6 Å². The van der Waals surface area contributed by atoms with Crippen molar-refractivity contribution in [3.63, 3.8) is 0 Å². The third-order valence-electron chi connectivity index (χ3n) is 5.87. The second-order valence-corrected chi connectivity index (χ2v) is 10.1. The van der Waals surface area contributed by atoms with E-state index in [0.717, 1.165) is 24.8 Å². The van der Waals surface area contributed by atoms with Gasteiger partial charge in [-0.1, -0.05) is 48.5 Å². The predicted molar refractivity (Wildman–Crippen MR) is 115 cm³/mol. The zero-order chi connectivity index (χ0) is 20.4. The molecular weight excluding hydrogens is 382 g/mol. The van der Waals surface area contributed by atoms with Gasteiger partial charge < -0.3 is 5.73 Å². The molecule has 2 unspecified atom stereocenters. The van der Waals surface area contributed by atoms with Crippen LogP contribution < -0.4 is 5.73 Å². The van der Waals surface area contributed by atoms with Crippen molar-refractivity contribution in [1.29, 1.82) is 0 Å². The monoisotopic (exact) mass is 409 g/mol. The minimum atomic E-state index is -3.34. The number of sulfone groups is 1. The molecule has 6 heteroatoms. The van der Waals surface area contributed by atoms with E-state index in [1.165, 1.54) is 27.6 Å². The van der Waals surface area contributed by atoms with Crippen LogP contribution in [0.4, 0.5) is 0 Å². The molecule has 2 atom stereocenters. The summed E-state index contributed by atoms with van der Waals surface area (Å²) >= 11 is 0. The third-order valence-corrected chi connectivity index (χ3v) is 7.54. The maximum Gasteiger partial charge on any atom is 0.181 e. The summed E-state index contributed by atoms with van der Waals surface area (Å²) in [5.41, 5.74) is 11.5. The topological polar surface area (TPSA) is 78.0 Å². The Kier molecular flexibility index (Phi) is 5.56. The molecule has 2 aromatic carbocycles. The van der Waals surface area contributed by atoms with E-state index in [0.29, 0.717) is 6.42 Å². The summed E-state index contributed by atoms with van der Waals surface area (Å²) in [5, 5.41) is 3.98. The Balaban J connectivity index is 1.55. The minimum Gasteiger partial charge on any atom is -0.327 e. The number of nitrogens with two attached hydrogens (primary N) is 1. The van der Waals surface area contributed by atoms with Crippen LogP contribution in [0, 0.1) is 0 Å². The normalized spacial score (nSPS) is 19.1. The molecule has 0 saturated carbocycles. The van der Waals surface area contributed by atoms with Crippen molar-refractivity contribution in [1.82, 2.24) is 9.78 Å². The lowest BCUT2D eigenvalue weighted by Gasteiger charge is -2.32. The molecule has 1 aliphatic rings. The van der Waals surface area contributed by atoms with E-state index in [-0.39, 0.29) is 22.6 Å². The van der Waals surface area contributed by atoms with Gasteiger partial charge in [0.15, 0.2) is 9.84 Å². The van der Waals surface area contributed by atoms with E-state index >= 15 is 0 Å². The first-order chi connectivity index (χ1) is 13.9. The Bertz CT molecular complexity index is 1090. The highest BCUT2D eigenvalue weighted by Gasteiger charge is 2.27. The first-order valence-electron chi connectivity index (χ1n) is 10.0. The van der Waals surface area contributed by atoms with E-state index in [1.807, 2.05) is 6.07 Å². The van der Waals surface area contributed by atoms with Crippen LogP contribution in [0.25, 0.3) is 0 Å². The summed E-state index contributed by atoms with van der Waals surface area (Å²) < 4.78 is 26.7. The van der Waals surface area contributed by atoms with Gasteiger partial charge in [-0.2, -0.15) is 5.10 Å². The third kappa shape index (κ3) is 4.43. The fraction of sp³-hybridized carbons (Fsp3) is 0.348. The molecule has 1 aliphatic carbocycles. The molecule has 152 valence electrons. The highest BCUT2D eigenvalue weighted by Crippen LogP contribution is 2.34. The van der Waals surface area contributed by atoms with Crippen LogP contribution in [-0.4, -0.2) is 30.0 Å². The van der Waals surface area contributed by atoms with Crippen LogP contribution in [0.1, 0.15) is 34.6 Å². The zero-order valence-electron chi connectivity index (χ0n) is 16.7. The molecule has 0 fully saturated rings. The first-order valence-corrected chi connectivity index (χ1v) is 11.7. The standard InChI is InChI=1S/C23H27N3O2S/c1-26-16-20(15-25-26)29(27,28)12-11-18-7-8-19-9-10-23(24)22(21(19)13-18)14-17-5-3-2-4-6-17/h2-8,13,15-16,22-23H,9-12,14,24H2,1H3.